The average Bonchev–Trinajstić information content (AvgIpc) is 2.81. The zero-order valence-corrected chi connectivity index (χ0v) is 12.9. The van der Waals surface area contributed by atoms with Crippen LogP contribution in [0.15, 0.2) is 24.3 Å². The summed E-state index contributed by atoms with van der Waals surface area (Å²) in [5.74, 6) is 0.789. The topological polar surface area (TPSA) is 57.1 Å². The zero-order chi connectivity index (χ0) is 14.8. The molecule has 5 nitrogen and oxygen atoms in total. The Morgan fingerprint density at radius 1 is 1.38 bits per heavy atom. The Kier molecular flexibility index (Phi) is 4.19. The predicted octanol–water partition coefficient (Wildman–Crippen LogP) is 2.33. The molecule has 1 saturated heterocycles. The molecule has 0 bridgehead atoms. The van der Waals surface area contributed by atoms with Gasteiger partial charge in [-0.05, 0) is 32.0 Å². The molecular formula is C15H20N4OS. The van der Waals surface area contributed by atoms with Crippen molar-refractivity contribution in [1.82, 2.24) is 19.7 Å². The Balaban J connectivity index is 1.78. The number of β-amino-alcohol motifs (C(OH)–C–C–N with tert-alkyl or cyclic N) is 1. The molecule has 1 atom stereocenters. The maximum absolute atomic E-state index is 9.73. The molecule has 0 unspecified atom stereocenters. The summed E-state index contributed by atoms with van der Waals surface area (Å²) in [6, 6.07) is 8.20. The highest BCUT2D eigenvalue weighted by atomic mass is 32.1. The molecule has 3 rings (SSSR count). The number of H-pyrrole nitrogens is 1. The summed E-state index contributed by atoms with van der Waals surface area (Å²) in [6.07, 6.45) is 1.68. The van der Waals surface area contributed by atoms with Gasteiger partial charge in [0, 0.05) is 18.7 Å². The highest BCUT2D eigenvalue weighted by Gasteiger charge is 2.18. The fraction of sp³-hybridized carbons (Fsp3) is 0.467. The van der Waals surface area contributed by atoms with Crippen LogP contribution in [0, 0.1) is 11.7 Å². The standard InChI is InChI=1S/C15H20N4OS/c1-11-4-6-12(7-5-11)14-16-15(21)19(17-14)10-18-8-2-3-13(20)9-18/h4-7,13,20H,2-3,8-10H2,1H3,(H,16,17,21)/t13-/m1/s1. The minimum atomic E-state index is -0.229. The Morgan fingerprint density at radius 3 is 2.86 bits per heavy atom. The van der Waals surface area contributed by atoms with Crippen LogP contribution in [0.5, 0.6) is 0 Å². The number of aromatic amines is 1. The molecule has 2 aromatic rings. The van der Waals surface area contributed by atoms with E-state index in [0.717, 1.165) is 30.8 Å². The molecule has 1 aromatic heterocycles. The minimum absolute atomic E-state index is 0.229. The van der Waals surface area contributed by atoms with Gasteiger partial charge in [-0.3, -0.25) is 10.00 Å². The lowest BCUT2D eigenvalue weighted by molar-refractivity contribution is 0.0514. The fourth-order valence-electron chi connectivity index (χ4n) is 2.65. The summed E-state index contributed by atoms with van der Waals surface area (Å²) < 4.78 is 2.41. The first-order valence-corrected chi connectivity index (χ1v) is 7.67. The normalized spacial score (nSPS) is 19.8. The van der Waals surface area contributed by atoms with Gasteiger partial charge < -0.3 is 5.11 Å². The fourth-order valence-corrected chi connectivity index (χ4v) is 2.85. The molecule has 1 aliphatic heterocycles. The molecule has 0 amide bonds. The van der Waals surface area contributed by atoms with Crippen LogP contribution < -0.4 is 0 Å². The summed E-state index contributed by atoms with van der Waals surface area (Å²) in [5.41, 5.74) is 2.25. The lowest BCUT2D eigenvalue weighted by atomic mass is 10.1. The number of likely N-dealkylation sites (tertiary alicyclic amines) is 1. The van der Waals surface area contributed by atoms with E-state index < -0.39 is 0 Å². The van der Waals surface area contributed by atoms with E-state index in [1.807, 2.05) is 16.8 Å². The number of aromatic nitrogens is 3. The molecule has 0 aliphatic carbocycles. The number of aliphatic hydroxyl groups is 1. The highest BCUT2D eigenvalue weighted by Crippen LogP contribution is 2.16. The van der Waals surface area contributed by atoms with Crippen molar-refractivity contribution in [3.8, 4) is 11.4 Å². The Bertz CT molecular complexity index is 661. The third-order valence-electron chi connectivity index (χ3n) is 3.83. The molecule has 2 N–H and O–H groups in total. The van der Waals surface area contributed by atoms with Gasteiger partial charge >= 0.3 is 0 Å². The van der Waals surface area contributed by atoms with Crippen LogP contribution in [-0.2, 0) is 6.67 Å². The smallest absolute Gasteiger partial charge is 0.217 e. The third-order valence-corrected chi connectivity index (χ3v) is 4.14. The summed E-state index contributed by atoms with van der Waals surface area (Å²) in [7, 11) is 0. The first-order chi connectivity index (χ1) is 10.1. The molecule has 112 valence electrons. The molecule has 21 heavy (non-hydrogen) atoms. The number of aliphatic hydroxyl groups excluding tert-OH is 1. The van der Waals surface area contributed by atoms with E-state index in [4.69, 9.17) is 12.2 Å². The van der Waals surface area contributed by atoms with E-state index in [1.54, 1.807) is 0 Å². The molecular weight excluding hydrogens is 284 g/mol. The maximum atomic E-state index is 9.73. The number of hydrogen-bond acceptors (Lipinski definition) is 4. The molecule has 1 aromatic carbocycles. The van der Waals surface area contributed by atoms with Gasteiger partial charge in [0.1, 0.15) is 0 Å². The first-order valence-electron chi connectivity index (χ1n) is 7.26. The van der Waals surface area contributed by atoms with Gasteiger partial charge in [-0.1, -0.05) is 29.8 Å². The van der Waals surface area contributed by atoms with Crippen molar-refractivity contribution >= 4 is 12.2 Å². The molecule has 1 aliphatic rings. The van der Waals surface area contributed by atoms with Crippen molar-refractivity contribution in [2.75, 3.05) is 13.1 Å². The minimum Gasteiger partial charge on any atom is -0.392 e. The van der Waals surface area contributed by atoms with Crippen molar-refractivity contribution in [3.63, 3.8) is 0 Å². The Hall–Kier alpha value is -1.50. The van der Waals surface area contributed by atoms with Gasteiger partial charge in [0.05, 0.1) is 12.8 Å². The van der Waals surface area contributed by atoms with E-state index >= 15 is 0 Å². The number of nitrogens with one attached hydrogen (secondary N) is 1. The lowest BCUT2D eigenvalue weighted by Gasteiger charge is -2.29. The van der Waals surface area contributed by atoms with Crippen LogP contribution in [0.3, 0.4) is 0 Å². The SMILES string of the molecule is Cc1ccc(-c2nc(=S)n(CN3CCC[C@@H](O)C3)[nH]2)cc1. The van der Waals surface area contributed by atoms with Gasteiger partial charge in [-0.2, -0.15) is 4.98 Å². The van der Waals surface area contributed by atoms with Crippen LogP contribution >= 0.6 is 12.2 Å². The summed E-state index contributed by atoms with van der Waals surface area (Å²) in [6.45, 7) is 4.39. The van der Waals surface area contributed by atoms with Crippen molar-refractivity contribution in [2.45, 2.75) is 32.5 Å². The van der Waals surface area contributed by atoms with Crippen molar-refractivity contribution < 1.29 is 5.11 Å². The second kappa shape index (κ2) is 6.09. The van der Waals surface area contributed by atoms with E-state index in [9.17, 15) is 5.11 Å². The number of nitrogens with zero attached hydrogens (tertiary/aromatic N) is 3. The van der Waals surface area contributed by atoms with Gasteiger partial charge in [0.25, 0.3) is 0 Å². The van der Waals surface area contributed by atoms with E-state index in [0.29, 0.717) is 18.0 Å². The van der Waals surface area contributed by atoms with Crippen LogP contribution in [0.4, 0.5) is 0 Å². The second-order valence-electron chi connectivity index (χ2n) is 5.66. The van der Waals surface area contributed by atoms with Crippen LogP contribution in [0.25, 0.3) is 11.4 Å². The van der Waals surface area contributed by atoms with Gasteiger partial charge in [0.15, 0.2) is 5.82 Å². The van der Waals surface area contributed by atoms with Crippen molar-refractivity contribution in [1.29, 1.82) is 0 Å². The summed E-state index contributed by atoms with van der Waals surface area (Å²) >= 11 is 5.33. The molecule has 6 heteroatoms. The van der Waals surface area contributed by atoms with Gasteiger partial charge in [-0.25, -0.2) is 4.68 Å². The molecule has 0 radical (unpaired) electrons. The molecule has 0 saturated carbocycles. The average molecular weight is 304 g/mol. The van der Waals surface area contributed by atoms with E-state index in [1.165, 1.54) is 5.56 Å². The van der Waals surface area contributed by atoms with Gasteiger partial charge in [0.2, 0.25) is 4.77 Å². The lowest BCUT2D eigenvalue weighted by Crippen LogP contribution is -2.39. The number of piperidine rings is 1. The van der Waals surface area contributed by atoms with Gasteiger partial charge in [-0.15, -0.1) is 0 Å². The zero-order valence-electron chi connectivity index (χ0n) is 12.1. The number of rotatable bonds is 3. The Morgan fingerprint density at radius 2 is 2.14 bits per heavy atom. The van der Waals surface area contributed by atoms with Crippen LogP contribution in [0.1, 0.15) is 18.4 Å². The van der Waals surface area contributed by atoms with E-state index in [2.05, 4.69) is 34.0 Å². The largest absolute Gasteiger partial charge is 0.392 e. The second-order valence-corrected chi connectivity index (χ2v) is 6.03. The van der Waals surface area contributed by atoms with Crippen molar-refractivity contribution in [2.24, 2.45) is 0 Å². The Labute approximate surface area is 129 Å². The quantitative estimate of drug-likeness (QED) is 0.855. The monoisotopic (exact) mass is 304 g/mol. The summed E-state index contributed by atoms with van der Waals surface area (Å²) in [5, 5.41) is 13.0. The first kappa shape index (κ1) is 14.4. The van der Waals surface area contributed by atoms with E-state index in [-0.39, 0.29) is 6.10 Å². The maximum Gasteiger partial charge on any atom is 0.217 e. The third kappa shape index (κ3) is 3.40. The van der Waals surface area contributed by atoms with Crippen LogP contribution in [0.2, 0.25) is 0 Å². The van der Waals surface area contributed by atoms with Crippen molar-refractivity contribution in [3.05, 3.63) is 34.6 Å². The molecule has 1 fully saturated rings. The molecule has 0 spiro atoms. The number of benzene rings is 1. The summed E-state index contributed by atoms with van der Waals surface area (Å²) in [4.78, 5) is 6.62. The number of aryl methyl sites for hydroxylation is 1. The predicted molar refractivity (Wildman–Crippen MR) is 84.4 cm³/mol. The number of hydrogen-bond donors (Lipinski definition) is 2. The highest BCUT2D eigenvalue weighted by molar-refractivity contribution is 7.71. The van der Waals surface area contributed by atoms with Crippen LogP contribution in [-0.4, -0.2) is 44.0 Å². The molecule has 2 heterocycles.